The number of aryl methyl sites for hydroxylation is 2. The van der Waals surface area contributed by atoms with E-state index in [0.717, 1.165) is 0 Å². The van der Waals surface area contributed by atoms with Crippen molar-refractivity contribution in [1.82, 2.24) is 0 Å². The van der Waals surface area contributed by atoms with Gasteiger partial charge in [-0.05, 0) is 79.3 Å². The topological polar surface area (TPSA) is 12.0 Å². The Kier molecular flexibility index (Phi) is 3.48. The summed E-state index contributed by atoms with van der Waals surface area (Å²) in [4.78, 5) is 3.10. The summed E-state index contributed by atoms with van der Waals surface area (Å²) >= 11 is 3.81. The van der Waals surface area contributed by atoms with Gasteiger partial charge in [0, 0.05) is 20.1 Å². The molecule has 1 aromatic carbocycles. The van der Waals surface area contributed by atoms with Crippen molar-refractivity contribution in [2.24, 2.45) is 0 Å². The first-order chi connectivity index (χ1) is 10.3. The molecule has 1 unspecified atom stereocenters. The Balaban J connectivity index is 1.56. The van der Waals surface area contributed by atoms with E-state index in [-0.39, 0.29) is 0 Å². The maximum Gasteiger partial charge on any atom is 0.0578 e. The third-order valence-corrected chi connectivity index (χ3v) is 6.60. The fraction of sp³-hybridized carbons (Fsp3) is 0.333. The molecule has 0 radical (unpaired) electrons. The van der Waals surface area contributed by atoms with E-state index < -0.39 is 0 Å². The Morgan fingerprint density at radius 1 is 1.10 bits per heavy atom. The van der Waals surface area contributed by atoms with Crippen LogP contribution in [0.2, 0.25) is 0 Å². The molecule has 1 atom stereocenters. The van der Waals surface area contributed by atoms with Gasteiger partial charge in [0.1, 0.15) is 0 Å². The predicted octanol–water partition coefficient (Wildman–Crippen LogP) is 6.01. The molecule has 2 aromatic heterocycles. The molecule has 21 heavy (non-hydrogen) atoms. The highest BCUT2D eigenvalue weighted by Gasteiger charge is 2.16. The van der Waals surface area contributed by atoms with Crippen molar-refractivity contribution in [3.8, 4) is 0 Å². The van der Waals surface area contributed by atoms with Crippen molar-refractivity contribution in [3.63, 3.8) is 0 Å². The fourth-order valence-corrected chi connectivity index (χ4v) is 5.14. The lowest BCUT2D eigenvalue weighted by Gasteiger charge is -2.13. The first-order valence-corrected chi connectivity index (χ1v) is 9.34. The minimum atomic E-state index is 0.386. The van der Waals surface area contributed by atoms with Gasteiger partial charge in [-0.25, -0.2) is 0 Å². The minimum Gasteiger partial charge on any atom is -0.378 e. The first kappa shape index (κ1) is 13.4. The number of hydrogen-bond acceptors (Lipinski definition) is 3. The second-order valence-electron chi connectivity index (χ2n) is 5.84. The Bertz CT molecular complexity index is 745. The molecule has 0 fully saturated rings. The Labute approximate surface area is 133 Å². The van der Waals surface area contributed by atoms with E-state index in [2.05, 4.69) is 48.0 Å². The smallest absolute Gasteiger partial charge is 0.0578 e. The molecule has 3 aromatic rings. The number of nitrogens with one attached hydrogen (secondary N) is 1. The molecule has 1 N–H and O–H groups in total. The summed E-state index contributed by atoms with van der Waals surface area (Å²) in [5.74, 6) is 0. The number of benzene rings is 1. The van der Waals surface area contributed by atoms with Crippen molar-refractivity contribution < 1.29 is 0 Å². The minimum absolute atomic E-state index is 0.386. The molecular weight excluding hydrogens is 294 g/mol. The molecule has 0 saturated heterocycles. The van der Waals surface area contributed by atoms with Crippen molar-refractivity contribution in [3.05, 3.63) is 51.0 Å². The number of hydrogen-bond donors (Lipinski definition) is 1. The number of fused-ring (bicyclic) bond motifs is 2. The van der Waals surface area contributed by atoms with Gasteiger partial charge in [-0.2, -0.15) is 0 Å². The molecule has 2 heterocycles. The lowest BCUT2D eigenvalue weighted by Crippen LogP contribution is -2.04. The maximum atomic E-state index is 3.66. The molecule has 108 valence electrons. The molecule has 1 aliphatic rings. The van der Waals surface area contributed by atoms with Crippen molar-refractivity contribution >= 4 is 38.4 Å². The summed E-state index contributed by atoms with van der Waals surface area (Å²) < 4.78 is 1.36. The lowest BCUT2D eigenvalue weighted by molar-refractivity contribution is 0.696. The van der Waals surface area contributed by atoms with Crippen LogP contribution in [0.25, 0.3) is 10.1 Å². The molecule has 3 heteroatoms. The predicted molar refractivity (Wildman–Crippen MR) is 94.8 cm³/mol. The average Bonchev–Trinajstić information content (AvgIpc) is 3.13. The van der Waals surface area contributed by atoms with E-state index in [1.165, 1.54) is 46.3 Å². The van der Waals surface area contributed by atoms with E-state index in [1.807, 2.05) is 11.3 Å². The highest BCUT2D eigenvalue weighted by Crippen LogP contribution is 2.34. The first-order valence-electron chi connectivity index (χ1n) is 7.65. The lowest BCUT2D eigenvalue weighted by atomic mass is 9.99. The third-order valence-electron chi connectivity index (χ3n) is 4.28. The quantitative estimate of drug-likeness (QED) is 0.624. The molecule has 0 aliphatic heterocycles. The van der Waals surface area contributed by atoms with Crippen LogP contribution >= 0.6 is 22.7 Å². The van der Waals surface area contributed by atoms with Gasteiger partial charge in [0.05, 0.1) is 6.04 Å². The van der Waals surface area contributed by atoms with Gasteiger partial charge in [-0.15, -0.1) is 22.7 Å². The van der Waals surface area contributed by atoms with Crippen LogP contribution in [0.5, 0.6) is 0 Å². The standard InChI is InChI=1S/C18H19NS2/c1-12(18-11-13-4-2-3-5-17(13)21-18)19-15-6-7-16-14(10-15)8-9-20-16/h6-12,19H,2-5H2,1H3. The number of rotatable bonds is 3. The van der Waals surface area contributed by atoms with Crippen LogP contribution in [-0.2, 0) is 12.8 Å². The highest BCUT2D eigenvalue weighted by molar-refractivity contribution is 7.17. The van der Waals surface area contributed by atoms with Crippen LogP contribution in [0, 0.1) is 0 Å². The van der Waals surface area contributed by atoms with Gasteiger partial charge in [0.25, 0.3) is 0 Å². The summed E-state index contributed by atoms with van der Waals surface area (Å²) in [6, 6.07) is 11.7. The second-order valence-corrected chi connectivity index (χ2v) is 7.96. The van der Waals surface area contributed by atoms with Gasteiger partial charge >= 0.3 is 0 Å². The third kappa shape index (κ3) is 2.60. The molecule has 0 amide bonds. The van der Waals surface area contributed by atoms with Crippen LogP contribution < -0.4 is 5.32 Å². The zero-order valence-electron chi connectivity index (χ0n) is 12.2. The Hall–Kier alpha value is -1.32. The molecule has 0 spiro atoms. The summed E-state index contributed by atoms with van der Waals surface area (Å²) in [6.07, 6.45) is 5.29. The zero-order chi connectivity index (χ0) is 14.2. The maximum absolute atomic E-state index is 3.66. The average molecular weight is 313 g/mol. The Morgan fingerprint density at radius 3 is 2.90 bits per heavy atom. The van der Waals surface area contributed by atoms with Crippen LogP contribution in [0.4, 0.5) is 5.69 Å². The van der Waals surface area contributed by atoms with E-state index >= 15 is 0 Å². The van der Waals surface area contributed by atoms with E-state index in [9.17, 15) is 0 Å². The van der Waals surface area contributed by atoms with Gasteiger partial charge in [-0.1, -0.05) is 0 Å². The van der Waals surface area contributed by atoms with Crippen LogP contribution in [0.1, 0.15) is 41.1 Å². The zero-order valence-corrected chi connectivity index (χ0v) is 13.8. The summed E-state index contributed by atoms with van der Waals surface area (Å²) in [5.41, 5.74) is 2.82. The Morgan fingerprint density at radius 2 is 2.00 bits per heavy atom. The van der Waals surface area contributed by atoms with Crippen molar-refractivity contribution in [1.29, 1.82) is 0 Å². The summed E-state index contributed by atoms with van der Waals surface area (Å²) in [7, 11) is 0. The van der Waals surface area contributed by atoms with E-state index in [1.54, 1.807) is 21.8 Å². The normalized spacial score (nSPS) is 15.9. The van der Waals surface area contributed by atoms with Gasteiger partial charge in [-0.3, -0.25) is 0 Å². The summed E-state index contributed by atoms with van der Waals surface area (Å²) in [6.45, 7) is 2.27. The monoisotopic (exact) mass is 313 g/mol. The van der Waals surface area contributed by atoms with E-state index in [0.29, 0.717) is 6.04 Å². The fourth-order valence-electron chi connectivity index (χ4n) is 3.10. The second kappa shape index (κ2) is 5.47. The molecule has 1 aliphatic carbocycles. The number of thiophene rings is 2. The van der Waals surface area contributed by atoms with Gasteiger partial charge in [0.2, 0.25) is 0 Å². The van der Waals surface area contributed by atoms with Gasteiger partial charge < -0.3 is 5.32 Å². The molecule has 1 nitrogen and oxygen atoms in total. The van der Waals surface area contributed by atoms with Crippen LogP contribution in [0.15, 0.2) is 35.7 Å². The number of anilines is 1. The van der Waals surface area contributed by atoms with Crippen LogP contribution in [0.3, 0.4) is 0 Å². The van der Waals surface area contributed by atoms with Crippen LogP contribution in [-0.4, -0.2) is 0 Å². The molecular formula is C18H19NS2. The van der Waals surface area contributed by atoms with Gasteiger partial charge in [0.15, 0.2) is 0 Å². The van der Waals surface area contributed by atoms with E-state index in [4.69, 9.17) is 0 Å². The SMILES string of the molecule is CC(Nc1ccc2sccc2c1)c1cc2c(s1)CCCC2. The van der Waals surface area contributed by atoms with Crippen molar-refractivity contribution in [2.45, 2.75) is 38.6 Å². The largest absolute Gasteiger partial charge is 0.378 e. The highest BCUT2D eigenvalue weighted by atomic mass is 32.1. The molecule has 0 bridgehead atoms. The molecule has 0 saturated carbocycles. The molecule has 4 rings (SSSR count). The van der Waals surface area contributed by atoms with Crippen molar-refractivity contribution in [2.75, 3.05) is 5.32 Å². The summed E-state index contributed by atoms with van der Waals surface area (Å²) in [5, 5.41) is 7.16.